The molecule has 0 saturated heterocycles. The van der Waals surface area contributed by atoms with Gasteiger partial charge >= 0.3 is 0 Å². The van der Waals surface area contributed by atoms with Gasteiger partial charge < -0.3 is 5.32 Å². The summed E-state index contributed by atoms with van der Waals surface area (Å²) < 4.78 is 0.864. The second-order valence-electron chi connectivity index (χ2n) is 4.69. The summed E-state index contributed by atoms with van der Waals surface area (Å²) in [6, 6.07) is 1.95. The van der Waals surface area contributed by atoms with E-state index in [0.29, 0.717) is 11.4 Å². The molecule has 0 radical (unpaired) electrons. The van der Waals surface area contributed by atoms with Crippen molar-refractivity contribution in [1.82, 2.24) is 0 Å². The molecule has 1 aliphatic rings. The number of aryl methyl sites for hydroxylation is 1. The van der Waals surface area contributed by atoms with Gasteiger partial charge in [-0.15, -0.1) is 0 Å². The molecule has 16 heavy (non-hydrogen) atoms. The summed E-state index contributed by atoms with van der Waals surface area (Å²) in [5, 5.41) is 3.88. The molecule has 2 rings (SSSR count). The van der Waals surface area contributed by atoms with Crippen molar-refractivity contribution < 1.29 is 4.79 Å². The fourth-order valence-electron chi connectivity index (χ4n) is 1.91. The number of Topliss-reactive ketones (excluding diaryl/α,β-unsaturated/α-hetero) is 1. The molecule has 0 fully saturated rings. The number of hydrogen-bond donors (Lipinski definition) is 1. The van der Waals surface area contributed by atoms with Crippen molar-refractivity contribution in [3.05, 3.63) is 26.7 Å². The normalized spacial score (nSPS) is 17.9. The molecule has 1 heterocycles. The molecule has 86 valence electrons. The summed E-state index contributed by atoms with van der Waals surface area (Å²) in [7, 11) is 0. The Bertz CT molecular complexity index is 482. The van der Waals surface area contributed by atoms with Gasteiger partial charge in [0.1, 0.15) is 0 Å². The maximum absolute atomic E-state index is 11.9. The van der Waals surface area contributed by atoms with Gasteiger partial charge in [-0.2, -0.15) is 0 Å². The van der Waals surface area contributed by atoms with Crippen LogP contribution in [0.5, 0.6) is 0 Å². The summed E-state index contributed by atoms with van der Waals surface area (Å²) in [5.74, 6) is 0.196. The fourth-order valence-corrected chi connectivity index (χ4v) is 2.67. The van der Waals surface area contributed by atoms with Crippen molar-refractivity contribution in [3.8, 4) is 0 Å². The van der Waals surface area contributed by atoms with Crippen LogP contribution in [0.15, 0.2) is 10.5 Å². The Hall–Kier alpha value is -0.540. The van der Waals surface area contributed by atoms with Gasteiger partial charge in [-0.05, 0) is 53.9 Å². The highest BCUT2D eigenvalue weighted by atomic mass is 79.9. The van der Waals surface area contributed by atoms with E-state index in [2.05, 4.69) is 21.2 Å². The van der Waals surface area contributed by atoms with Crippen LogP contribution in [0.3, 0.4) is 0 Å². The molecule has 4 heteroatoms. The van der Waals surface area contributed by atoms with Gasteiger partial charge in [0.25, 0.3) is 0 Å². The molecular formula is C12H13BrClNO. The Morgan fingerprint density at radius 2 is 2.12 bits per heavy atom. The van der Waals surface area contributed by atoms with Gasteiger partial charge in [-0.3, -0.25) is 4.79 Å². The standard InChI is InChI=1S/C12H13BrClNO/c1-6-4-8(13)10(14)11-7(6)5-9(16)12(2,3)15-11/h4,15H,5H2,1-3H3. The number of rotatable bonds is 0. The third kappa shape index (κ3) is 1.76. The van der Waals surface area contributed by atoms with E-state index in [-0.39, 0.29) is 5.78 Å². The second kappa shape index (κ2) is 3.74. The van der Waals surface area contributed by atoms with Crippen LogP contribution in [0, 0.1) is 6.92 Å². The minimum Gasteiger partial charge on any atom is -0.372 e. The summed E-state index contributed by atoms with van der Waals surface area (Å²) in [6.45, 7) is 5.75. The van der Waals surface area contributed by atoms with E-state index in [1.54, 1.807) is 0 Å². The Morgan fingerprint density at radius 3 is 2.75 bits per heavy atom. The molecule has 1 N–H and O–H groups in total. The summed E-state index contributed by atoms with van der Waals surface area (Å²) in [4.78, 5) is 11.9. The smallest absolute Gasteiger partial charge is 0.162 e. The molecule has 1 aromatic carbocycles. The molecule has 0 aliphatic carbocycles. The SMILES string of the molecule is Cc1cc(Br)c(Cl)c2c1CC(=O)C(C)(C)N2. The largest absolute Gasteiger partial charge is 0.372 e. The van der Waals surface area contributed by atoms with Gasteiger partial charge in [0.2, 0.25) is 0 Å². The van der Waals surface area contributed by atoms with Crippen LogP contribution >= 0.6 is 27.5 Å². The van der Waals surface area contributed by atoms with Crippen LogP contribution in [0.2, 0.25) is 5.02 Å². The Morgan fingerprint density at radius 1 is 1.50 bits per heavy atom. The lowest BCUT2D eigenvalue weighted by Crippen LogP contribution is -2.45. The molecular weight excluding hydrogens is 289 g/mol. The van der Waals surface area contributed by atoms with Gasteiger partial charge in [0, 0.05) is 10.9 Å². The maximum atomic E-state index is 11.9. The number of ketones is 1. The van der Waals surface area contributed by atoms with Gasteiger partial charge in [0.15, 0.2) is 5.78 Å². The summed E-state index contributed by atoms with van der Waals surface area (Å²) >= 11 is 9.66. The van der Waals surface area contributed by atoms with Crippen molar-refractivity contribution in [2.75, 3.05) is 5.32 Å². The van der Waals surface area contributed by atoms with Gasteiger partial charge in [-0.25, -0.2) is 0 Å². The van der Waals surface area contributed by atoms with Crippen LogP contribution in [-0.2, 0) is 11.2 Å². The highest BCUT2D eigenvalue weighted by Crippen LogP contribution is 2.40. The fraction of sp³-hybridized carbons (Fsp3) is 0.417. The number of benzene rings is 1. The third-order valence-electron chi connectivity index (χ3n) is 3.02. The molecule has 0 amide bonds. The van der Waals surface area contributed by atoms with Crippen molar-refractivity contribution in [2.45, 2.75) is 32.7 Å². The molecule has 0 bridgehead atoms. The highest BCUT2D eigenvalue weighted by Gasteiger charge is 2.34. The zero-order valence-electron chi connectivity index (χ0n) is 9.45. The lowest BCUT2D eigenvalue weighted by atomic mass is 9.86. The maximum Gasteiger partial charge on any atom is 0.162 e. The lowest BCUT2D eigenvalue weighted by Gasteiger charge is -2.34. The average Bonchev–Trinajstić information content (AvgIpc) is 2.18. The summed E-state index contributed by atoms with van der Waals surface area (Å²) in [5.41, 5.74) is 2.45. The van der Waals surface area contributed by atoms with E-state index in [0.717, 1.165) is 21.3 Å². The number of anilines is 1. The number of carbonyl (C=O) groups excluding carboxylic acids is 1. The van der Waals surface area contributed by atoms with Crippen LogP contribution in [0.4, 0.5) is 5.69 Å². The molecule has 1 aromatic rings. The van der Waals surface area contributed by atoms with Crippen molar-refractivity contribution in [3.63, 3.8) is 0 Å². The molecule has 1 aliphatic heterocycles. The van der Waals surface area contributed by atoms with Crippen LogP contribution < -0.4 is 5.32 Å². The first-order chi connectivity index (χ1) is 7.33. The predicted octanol–water partition coefficient (Wildman–Crippen LogP) is 3.73. The zero-order valence-corrected chi connectivity index (χ0v) is 11.8. The Balaban J connectivity index is 2.64. The summed E-state index contributed by atoms with van der Waals surface area (Å²) in [6.07, 6.45) is 0.453. The Labute approximate surface area is 108 Å². The van der Waals surface area contributed by atoms with E-state index in [4.69, 9.17) is 11.6 Å². The zero-order chi connectivity index (χ0) is 12.1. The first-order valence-electron chi connectivity index (χ1n) is 5.12. The van der Waals surface area contributed by atoms with Crippen LogP contribution in [0.1, 0.15) is 25.0 Å². The number of carbonyl (C=O) groups is 1. The second-order valence-corrected chi connectivity index (χ2v) is 5.93. The molecule has 0 atom stereocenters. The minimum atomic E-state index is -0.538. The molecule has 0 unspecified atom stereocenters. The third-order valence-corrected chi connectivity index (χ3v) is 4.27. The number of halogens is 2. The van der Waals surface area contributed by atoms with E-state index in [1.807, 2.05) is 26.8 Å². The average molecular weight is 303 g/mol. The predicted molar refractivity (Wildman–Crippen MR) is 70.3 cm³/mol. The van der Waals surface area contributed by atoms with Gasteiger partial charge in [-0.1, -0.05) is 11.6 Å². The quantitative estimate of drug-likeness (QED) is 0.791. The Kier molecular flexibility index (Phi) is 2.79. The van der Waals surface area contributed by atoms with Crippen molar-refractivity contribution in [1.29, 1.82) is 0 Å². The number of fused-ring (bicyclic) bond motifs is 1. The van der Waals surface area contributed by atoms with E-state index in [9.17, 15) is 4.79 Å². The topological polar surface area (TPSA) is 29.1 Å². The van der Waals surface area contributed by atoms with E-state index < -0.39 is 5.54 Å². The minimum absolute atomic E-state index is 0.196. The first-order valence-corrected chi connectivity index (χ1v) is 6.29. The first kappa shape index (κ1) is 11.9. The monoisotopic (exact) mass is 301 g/mol. The number of nitrogens with one attached hydrogen (secondary N) is 1. The van der Waals surface area contributed by atoms with Gasteiger partial charge in [0.05, 0.1) is 16.2 Å². The van der Waals surface area contributed by atoms with Crippen LogP contribution in [0.25, 0.3) is 0 Å². The van der Waals surface area contributed by atoms with E-state index in [1.165, 1.54) is 0 Å². The molecule has 0 spiro atoms. The van der Waals surface area contributed by atoms with E-state index >= 15 is 0 Å². The van der Waals surface area contributed by atoms with Crippen LogP contribution in [-0.4, -0.2) is 11.3 Å². The van der Waals surface area contributed by atoms with Crippen molar-refractivity contribution in [2.24, 2.45) is 0 Å². The lowest BCUT2D eigenvalue weighted by molar-refractivity contribution is -0.122. The highest BCUT2D eigenvalue weighted by molar-refractivity contribution is 9.10. The molecule has 2 nitrogen and oxygen atoms in total. The molecule has 0 saturated carbocycles. The van der Waals surface area contributed by atoms with Crippen molar-refractivity contribution >= 4 is 39.0 Å². The molecule has 0 aromatic heterocycles. The number of hydrogen-bond acceptors (Lipinski definition) is 2.